The molecule has 0 bridgehead atoms. The van der Waals surface area contributed by atoms with Crippen molar-refractivity contribution in [2.24, 2.45) is 10.7 Å². The fourth-order valence-electron chi connectivity index (χ4n) is 2.51. The Morgan fingerprint density at radius 3 is 2.80 bits per heavy atom. The minimum absolute atomic E-state index is 0.244. The zero-order valence-electron chi connectivity index (χ0n) is 13.5. The Morgan fingerprint density at radius 1 is 1.24 bits per heavy atom. The molecule has 1 aliphatic rings. The van der Waals surface area contributed by atoms with Gasteiger partial charge in [0.25, 0.3) is 0 Å². The number of halogens is 2. The van der Waals surface area contributed by atoms with E-state index in [1.165, 1.54) is 0 Å². The van der Waals surface area contributed by atoms with Crippen LogP contribution in [0.25, 0.3) is 0 Å². The average Bonchev–Trinajstić information content (AvgIpc) is 2.60. The Balaban J connectivity index is 1.92. The van der Waals surface area contributed by atoms with Crippen molar-refractivity contribution in [2.45, 2.75) is 11.6 Å². The van der Waals surface area contributed by atoms with E-state index < -0.39 is 5.00 Å². The molecule has 3 N–H and O–H groups in total. The number of guanidine groups is 1. The Bertz CT molecular complexity index is 841. The quantitative estimate of drug-likeness (QED) is 0.567. The fraction of sp³-hybridized carbons (Fsp3) is 0.167. The number of nitrogens with two attached hydrogens (primary N) is 1. The number of rotatable bonds is 5. The topological polar surface area (TPSA) is 68.9 Å². The number of hydrogen-bond acceptors (Lipinski definition) is 5. The van der Waals surface area contributed by atoms with E-state index in [9.17, 15) is 0 Å². The van der Waals surface area contributed by atoms with Crippen LogP contribution >= 0.6 is 27.5 Å². The van der Waals surface area contributed by atoms with Crippen LogP contribution in [0.15, 0.2) is 64.2 Å². The molecular weight excluding hydrogens is 406 g/mol. The molecule has 2 aromatic rings. The van der Waals surface area contributed by atoms with Crippen molar-refractivity contribution < 1.29 is 9.47 Å². The predicted molar refractivity (Wildman–Crippen MR) is 103 cm³/mol. The monoisotopic (exact) mass is 421 g/mol. The van der Waals surface area contributed by atoms with Gasteiger partial charge in [0.05, 0.1) is 7.11 Å². The Morgan fingerprint density at radius 2 is 2.04 bits per heavy atom. The first-order chi connectivity index (χ1) is 12.0. The number of hydrogen-bond donors (Lipinski definition) is 2. The van der Waals surface area contributed by atoms with Crippen LogP contribution in [0.5, 0.6) is 11.5 Å². The number of methoxy groups -OCH3 is 1. The minimum atomic E-state index is -1.13. The molecule has 7 heteroatoms. The van der Waals surface area contributed by atoms with Gasteiger partial charge in [0.2, 0.25) is 0 Å². The van der Waals surface area contributed by atoms with Gasteiger partial charge in [-0.05, 0) is 30.3 Å². The van der Waals surface area contributed by atoms with Crippen LogP contribution in [0.3, 0.4) is 0 Å². The van der Waals surface area contributed by atoms with Gasteiger partial charge < -0.3 is 20.5 Å². The number of para-hydroxylation sites is 1. The van der Waals surface area contributed by atoms with Crippen LogP contribution in [0.4, 0.5) is 0 Å². The Labute approximate surface area is 159 Å². The van der Waals surface area contributed by atoms with Crippen molar-refractivity contribution >= 4 is 33.5 Å². The largest absolute Gasteiger partial charge is 0.496 e. The van der Waals surface area contributed by atoms with E-state index >= 15 is 0 Å². The molecular formula is C18H17BrClN3O2. The maximum Gasteiger partial charge on any atom is 0.195 e. The van der Waals surface area contributed by atoms with Gasteiger partial charge in [-0.25, -0.2) is 4.99 Å². The number of alkyl halides is 1. The lowest BCUT2D eigenvalue weighted by molar-refractivity contribution is 0.292. The number of nitrogens with zero attached hydrogens (tertiary/aromatic N) is 1. The van der Waals surface area contributed by atoms with Gasteiger partial charge in [-0.3, -0.25) is 0 Å². The van der Waals surface area contributed by atoms with Gasteiger partial charge in [0.15, 0.2) is 11.0 Å². The average molecular weight is 423 g/mol. The summed E-state index contributed by atoms with van der Waals surface area (Å²) in [6.07, 6.45) is 3.39. The van der Waals surface area contributed by atoms with E-state index in [2.05, 4.69) is 26.2 Å². The van der Waals surface area contributed by atoms with E-state index in [0.29, 0.717) is 17.9 Å². The number of ether oxygens (including phenoxy) is 2. The molecule has 5 nitrogen and oxygen atoms in total. The highest BCUT2D eigenvalue weighted by Crippen LogP contribution is 2.41. The Hall–Kier alpha value is -2.18. The van der Waals surface area contributed by atoms with Gasteiger partial charge in [0.1, 0.15) is 18.1 Å². The van der Waals surface area contributed by atoms with E-state index in [-0.39, 0.29) is 5.96 Å². The highest BCUT2D eigenvalue weighted by Gasteiger charge is 2.32. The second-order valence-corrected chi connectivity index (χ2v) is 6.88. The summed E-state index contributed by atoms with van der Waals surface area (Å²) in [5, 5.41) is 2.81. The third-order valence-electron chi connectivity index (χ3n) is 3.71. The maximum absolute atomic E-state index is 6.69. The van der Waals surface area contributed by atoms with E-state index in [4.69, 9.17) is 26.8 Å². The van der Waals surface area contributed by atoms with Crippen LogP contribution in [0, 0.1) is 0 Å². The first-order valence-corrected chi connectivity index (χ1v) is 8.72. The maximum atomic E-state index is 6.69. The van der Waals surface area contributed by atoms with E-state index in [0.717, 1.165) is 15.8 Å². The summed E-state index contributed by atoms with van der Waals surface area (Å²) in [4.78, 5) is 3.18. The van der Waals surface area contributed by atoms with Crippen LogP contribution in [-0.4, -0.2) is 13.1 Å². The summed E-state index contributed by atoms with van der Waals surface area (Å²) >= 11 is 10.2. The lowest BCUT2D eigenvalue weighted by Crippen LogP contribution is -2.34. The lowest BCUT2D eigenvalue weighted by Gasteiger charge is -2.26. The predicted octanol–water partition coefficient (Wildman–Crippen LogP) is 3.86. The molecule has 1 aliphatic heterocycles. The second-order valence-electron chi connectivity index (χ2n) is 5.39. The number of aliphatic imine (C=N–C) groups is 1. The highest BCUT2D eigenvalue weighted by atomic mass is 79.9. The minimum Gasteiger partial charge on any atom is -0.496 e. The summed E-state index contributed by atoms with van der Waals surface area (Å²) in [5.74, 6) is 1.63. The van der Waals surface area contributed by atoms with Gasteiger partial charge >= 0.3 is 0 Å². The van der Waals surface area contributed by atoms with Crippen LogP contribution < -0.4 is 20.5 Å². The molecule has 0 spiro atoms. The van der Waals surface area contributed by atoms with E-state index in [1.54, 1.807) is 19.4 Å². The molecule has 2 aromatic carbocycles. The van der Waals surface area contributed by atoms with Crippen molar-refractivity contribution in [1.29, 1.82) is 0 Å². The molecule has 0 amide bonds. The van der Waals surface area contributed by atoms with Crippen LogP contribution in [0.2, 0.25) is 0 Å². The van der Waals surface area contributed by atoms with Crippen molar-refractivity contribution in [1.82, 2.24) is 5.32 Å². The molecule has 1 unspecified atom stereocenters. The van der Waals surface area contributed by atoms with Gasteiger partial charge in [-0.1, -0.05) is 45.7 Å². The normalized spacial score (nSPS) is 19.1. The van der Waals surface area contributed by atoms with E-state index in [1.807, 2.05) is 42.5 Å². The summed E-state index contributed by atoms with van der Waals surface area (Å²) in [6.45, 7) is 0.340. The molecule has 0 aromatic heterocycles. The zero-order chi connectivity index (χ0) is 17.9. The van der Waals surface area contributed by atoms with Crippen LogP contribution in [-0.2, 0) is 11.6 Å². The molecule has 0 aliphatic carbocycles. The molecule has 0 saturated heterocycles. The first kappa shape index (κ1) is 17.6. The smallest absolute Gasteiger partial charge is 0.195 e. The molecule has 1 heterocycles. The molecule has 3 rings (SSSR count). The van der Waals surface area contributed by atoms with Crippen molar-refractivity contribution in [3.8, 4) is 11.5 Å². The lowest BCUT2D eigenvalue weighted by atomic mass is 10.0. The van der Waals surface area contributed by atoms with Gasteiger partial charge in [-0.2, -0.15) is 0 Å². The molecule has 0 saturated carbocycles. The molecule has 130 valence electrons. The third-order valence-corrected chi connectivity index (χ3v) is 4.62. The third kappa shape index (κ3) is 3.91. The zero-order valence-corrected chi connectivity index (χ0v) is 15.8. The van der Waals surface area contributed by atoms with Crippen molar-refractivity contribution in [3.63, 3.8) is 0 Å². The molecule has 1 atom stereocenters. The second kappa shape index (κ2) is 7.37. The van der Waals surface area contributed by atoms with Crippen LogP contribution in [0.1, 0.15) is 11.1 Å². The van der Waals surface area contributed by atoms with Crippen molar-refractivity contribution in [3.05, 3.63) is 70.3 Å². The Kier molecular flexibility index (Phi) is 5.20. The summed E-state index contributed by atoms with van der Waals surface area (Å²) in [6, 6.07) is 13.3. The summed E-state index contributed by atoms with van der Waals surface area (Å²) < 4.78 is 12.3. The fourth-order valence-corrected chi connectivity index (χ4v) is 3.17. The SMILES string of the molecule is COc1ccccc1COc1ccc(Br)cc1C1(Cl)C=CNC(N)=N1. The highest BCUT2D eigenvalue weighted by molar-refractivity contribution is 9.10. The van der Waals surface area contributed by atoms with Gasteiger partial charge in [-0.15, -0.1) is 0 Å². The summed E-state index contributed by atoms with van der Waals surface area (Å²) in [5.41, 5.74) is 7.40. The number of benzene rings is 2. The van der Waals surface area contributed by atoms with Gasteiger partial charge in [0, 0.05) is 21.8 Å². The molecule has 0 fully saturated rings. The summed E-state index contributed by atoms with van der Waals surface area (Å²) in [7, 11) is 1.63. The first-order valence-electron chi connectivity index (χ1n) is 7.55. The number of nitrogens with one attached hydrogen (secondary N) is 1. The molecule has 25 heavy (non-hydrogen) atoms. The van der Waals surface area contributed by atoms with Crippen molar-refractivity contribution in [2.75, 3.05) is 7.11 Å². The molecule has 0 radical (unpaired) electrons. The standard InChI is InChI=1S/C18H17BrClN3O2/c1-24-15-5-3-2-4-12(15)11-25-16-7-6-13(19)10-14(16)18(20)8-9-22-17(21)23-18/h2-10H,11H2,1H3,(H3,21,22,23).